The molecule has 21 heavy (non-hydrogen) atoms. The van der Waals surface area contributed by atoms with Gasteiger partial charge in [0.15, 0.2) is 0 Å². The first-order valence-corrected chi connectivity index (χ1v) is 7.59. The molecule has 1 aliphatic heterocycles. The Hall–Kier alpha value is -1.66. The molecule has 0 aliphatic carbocycles. The van der Waals surface area contributed by atoms with Gasteiger partial charge in [-0.15, -0.1) is 0 Å². The van der Waals surface area contributed by atoms with E-state index in [0.717, 1.165) is 31.0 Å². The molecule has 0 bridgehead atoms. The molecule has 0 spiro atoms. The van der Waals surface area contributed by atoms with Crippen LogP contribution in [0.4, 0.5) is 0 Å². The van der Waals surface area contributed by atoms with Crippen LogP contribution in [0.2, 0.25) is 0 Å². The summed E-state index contributed by atoms with van der Waals surface area (Å²) in [5, 5.41) is 20.7. The molecule has 2 aromatic rings. The average Bonchev–Trinajstić information content (AvgIpc) is 3.09. The van der Waals surface area contributed by atoms with Crippen molar-refractivity contribution in [2.45, 2.75) is 31.7 Å². The number of aromatic nitrogens is 4. The summed E-state index contributed by atoms with van der Waals surface area (Å²) in [6.45, 7) is 3.30. The van der Waals surface area contributed by atoms with E-state index in [0.29, 0.717) is 12.3 Å². The van der Waals surface area contributed by atoms with Gasteiger partial charge in [-0.25, -0.2) is 0 Å². The van der Waals surface area contributed by atoms with Crippen LogP contribution < -0.4 is 0 Å². The number of rotatable bonds is 5. The highest BCUT2D eigenvalue weighted by Crippen LogP contribution is 2.26. The van der Waals surface area contributed by atoms with Crippen LogP contribution in [0, 0.1) is 0 Å². The zero-order chi connectivity index (χ0) is 14.7. The van der Waals surface area contributed by atoms with E-state index in [-0.39, 0.29) is 6.61 Å². The van der Waals surface area contributed by atoms with E-state index >= 15 is 0 Å². The van der Waals surface area contributed by atoms with E-state index in [1.807, 2.05) is 17.9 Å². The van der Waals surface area contributed by atoms with Gasteiger partial charge in [0, 0.05) is 56.5 Å². The lowest BCUT2D eigenvalue weighted by Crippen LogP contribution is -2.33. The number of nitrogens with zero attached hydrogens (tertiary/aromatic N) is 4. The van der Waals surface area contributed by atoms with Crippen LogP contribution in [-0.2, 0) is 20.0 Å². The summed E-state index contributed by atoms with van der Waals surface area (Å²) in [5.41, 5.74) is 3.42. The molecule has 2 N–H and O–H groups in total. The molecule has 1 atom stereocenters. The van der Waals surface area contributed by atoms with Crippen molar-refractivity contribution >= 4 is 0 Å². The van der Waals surface area contributed by atoms with Gasteiger partial charge in [-0.2, -0.15) is 10.2 Å². The molecule has 3 rings (SSSR count). The number of nitrogens with one attached hydrogen (secondary N) is 1. The maximum atomic E-state index is 8.98. The van der Waals surface area contributed by atoms with Crippen LogP contribution in [0.3, 0.4) is 0 Å². The monoisotopic (exact) mass is 289 g/mol. The molecule has 0 amide bonds. The van der Waals surface area contributed by atoms with Gasteiger partial charge < -0.3 is 5.11 Å². The minimum atomic E-state index is 0.166. The van der Waals surface area contributed by atoms with Gasteiger partial charge in [-0.1, -0.05) is 0 Å². The van der Waals surface area contributed by atoms with E-state index in [2.05, 4.69) is 32.5 Å². The fourth-order valence-electron chi connectivity index (χ4n) is 3.09. The quantitative estimate of drug-likeness (QED) is 0.863. The number of hydrogen-bond donors (Lipinski definition) is 2. The highest BCUT2D eigenvalue weighted by Gasteiger charge is 2.23. The fraction of sp³-hybridized carbons (Fsp3) is 0.600. The molecule has 6 nitrogen and oxygen atoms in total. The van der Waals surface area contributed by atoms with Crippen molar-refractivity contribution in [2.75, 3.05) is 19.7 Å². The van der Waals surface area contributed by atoms with E-state index in [1.165, 1.54) is 18.4 Å². The van der Waals surface area contributed by atoms with E-state index < -0.39 is 0 Å². The summed E-state index contributed by atoms with van der Waals surface area (Å²) in [5.74, 6) is 0.485. The zero-order valence-corrected chi connectivity index (χ0v) is 12.5. The first-order valence-electron chi connectivity index (χ1n) is 7.59. The highest BCUT2D eigenvalue weighted by molar-refractivity contribution is 5.15. The third kappa shape index (κ3) is 3.51. The van der Waals surface area contributed by atoms with Crippen molar-refractivity contribution in [3.8, 4) is 0 Å². The Balaban J connectivity index is 1.61. The molecule has 0 radical (unpaired) electrons. The van der Waals surface area contributed by atoms with Gasteiger partial charge in [0.2, 0.25) is 0 Å². The molecule has 1 saturated heterocycles. The average molecular weight is 289 g/mol. The third-order valence-electron chi connectivity index (χ3n) is 4.12. The van der Waals surface area contributed by atoms with E-state index in [1.54, 1.807) is 0 Å². The second-order valence-corrected chi connectivity index (χ2v) is 5.89. The number of aliphatic hydroxyl groups excluding tert-OH is 1. The summed E-state index contributed by atoms with van der Waals surface area (Å²) >= 11 is 0. The van der Waals surface area contributed by atoms with Crippen LogP contribution in [-0.4, -0.2) is 49.7 Å². The second kappa shape index (κ2) is 6.41. The van der Waals surface area contributed by atoms with Crippen LogP contribution >= 0.6 is 0 Å². The predicted octanol–water partition coefficient (Wildman–Crippen LogP) is 1.06. The molecule has 0 aromatic carbocycles. The van der Waals surface area contributed by atoms with E-state index in [9.17, 15) is 0 Å². The highest BCUT2D eigenvalue weighted by atomic mass is 16.3. The normalized spacial score (nSPS) is 20.0. The van der Waals surface area contributed by atoms with Gasteiger partial charge in [-0.05, 0) is 25.5 Å². The first-order chi connectivity index (χ1) is 10.2. The number of aryl methyl sites for hydroxylation is 1. The van der Waals surface area contributed by atoms with Crippen LogP contribution in [0.5, 0.6) is 0 Å². The Morgan fingerprint density at radius 3 is 3.14 bits per heavy atom. The number of aliphatic hydroxyl groups is 1. The molecule has 6 heteroatoms. The Bertz CT molecular complexity index is 576. The van der Waals surface area contributed by atoms with Crippen molar-refractivity contribution in [1.29, 1.82) is 0 Å². The number of H-pyrrole nitrogens is 1. The Labute approximate surface area is 124 Å². The minimum Gasteiger partial charge on any atom is -0.396 e. The second-order valence-electron chi connectivity index (χ2n) is 5.89. The third-order valence-corrected chi connectivity index (χ3v) is 4.12. The van der Waals surface area contributed by atoms with Gasteiger partial charge in [-0.3, -0.25) is 14.7 Å². The van der Waals surface area contributed by atoms with E-state index in [4.69, 9.17) is 5.11 Å². The lowest BCUT2D eigenvalue weighted by atomic mass is 9.94. The Morgan fingerprint density at radius 2 is 2.38 bits per heavy atom. The van der Waals surface area contributed by atoms with Crippen LogP contribution in [0.15, 0.2) is 18.5 Å². The summed E-state index contributed by atoms with van der Waals surface area (Å²) in [7, 11) is 1.95. The lowest BCUT2D eigenvalue weighted by Gasteiger charge is -2.31. The molecule has 1 aliphatic rings. The molecule has 1 fully saturated rings. The molecule has 0 unspecified atom stereocenters. The predicted molar refractivity (Wildman–Crippen MR) is 79.8 cm³/mol. The topological polar surface area (TPSA) is 70.0 Å². The summed E-state index contributed by atoms with van der Waals surface area (Å²) in [4.78, 5) is 2.48. The van der Waals surface area contributed by atoms with Gasteiger partial charge in [0.05, 0.1) is 11.9 Å². The maximum absolute atomic E-state index is 8.98. The zero-order valence-electron chi connectivity index (χ0n) is 12.5. The van der Waals surface area contributed by atoms with Crippen molar-refractivity contribution < 1.29 is 5.11 Å². The van der Waals surface area contributed by atoms with Gasteiger partial charge in [0.1, 0.15) is 0 Å². The SMILES string of the molecule is Cn1cc(CN2CCC[C@H](c3cc(CCO)[nH]n3)C2)cn1. The smallest absolute Gasteiger partial charge is 0.0668 e. The number of hydrogen-bond acceptors (Lipinski definition) is 4. The lowest BCUT2D eigenvalue weighted by molar-refractivity contribution is 0.198. The Kier molecular flexibility index (Phi) is 4.36. The molecular formula is C15H23N5O. The van der Waals surface area contributed by atoms with Crippen LogP contribution in [0.25, 0.3) is 0 Å². The molecule has 0 saturated carbocycles. The van der Waals surface area contributed by atoms with Gasteiger partial charge in [0.25, 0.3) is 0 Å². The largest absolute Gasteiger partial charge is 0.396 e. The summed E-state index contributed by atoms with van der Waals surface area (Å²) in [6, 6.07) is 2.11. The van der Waals surface area contributed by atoms with Crippen molar-refractivity contribution in [3.63, 3.8) is 0 Å². The van der Waals surface area contributed by atoms with Gasteiger partial charge >= 0.3 is 0 Å². The number of aromatic amines is 1. The van der Waals surface area contributed by atoms with Crippen LogP contribution in [0.1, 0.15) is 35.7 Å². The number of likely N-dealkylation sites (tertiary alicyclic amines) is 1. The summed E-state index contributed by atoms with van der Waals surface area (Å²) < 4.78 is 1.85. The minimum absolute atomic E-state index is 0.166. The van der Waals surface area contributed by atoms with Crippen molar-refractivity contribution in [1.82, 2.24) is 24.9 Å². The molecule has 114 valence electrons. The van der Waals surface area contributed by atoms with Crippen molar-refractivity contribution in [3.05, 3.63) is 35.4 Å². The Morgan fingerprint density at radius 1 is 1.48 bits per heavy atom. The maximum Gasteiger partial charge on any atom is 0.0668 e. The first kappa shape index (κ1) is 14.3. The molecule has 3 heterocycles. The standard InChI is InChI=1S/C15H23N5O/c1-19-9-12(8-16-19)10-20-5-2-3-13(11-20)15-7-14(4-6-21)17-18-15/h7-9,13,21H,2-6,10-11H2,1H3,(H,17,18)/t13-/m0/s1. The molecular weight excluding hydrogens is 266 g/mol. The number of piperidine rings is 1. The fourth-order valence-corrected chi connectivity index (χ4v) is 3.09. The molecule has 2 aromatic heterocycles. The summed E-state index contributed by atoms with van der Waals surface area (Å²) in [6.07, 6.45) is 7.06. The van der Waals surface area contributed by atoms with Crippen molar-refractivity contribution in [2.24, 2.45) is 7.05 Å².